The van der Waals surface area contributed by atoms with Crippen molar-refractivity contribution in [1.29, 1.82) is 0 Å². The highest BCUT2D eigenvalue weighted by atomic mass is 79.9. The molecule has 0 aliphatic rings. The zero-order valence-corrected chi connectivity index (χ0v) is 15.4. The third-order valence-electron chi connectivity index (χ3n) is 3.40. The van der Waals surface area contributed by atoms with Crippen LogP contribution in [0.15, 0.2) is 54.6 Å². The Labute approximate surface area is 150 Å². The van der Waals surface area contributed by atoms with E-state index in [1.54, 1.807) is 42.7 Å². The lowest BCUT2D eigenvalue weighted by molar-refractivity contribution is 0.0678. The molecule has 2 rings (SSSR count). The van der Waals surface area contributed by atoms with E-state index in [1.807, 2.05) is 26.0 Å². The van der Waals surface area contributed by atoms with Gasteiger partial charge in [-0.1, -0.05) is 47.4 Å². The summed E-state index contributed by atoms with van der Waals surface area (Å²) in [4.78, 5) is 4.09. The number of hydrogen-bond acceptors (Lipinski definition) is 3. The maximum Gasteiger partial charge on any atom is 0.134 e. The molecule has 2 aromatic rings. The number of aliphatic hydroxyl groups excluding tert-OH is 1. The number of aromatic nitrogens is 1. The topological polar surface area (TPSA) is 42.4 Å². The Morgan fingerprint density at radius 1 is 1.35 bits per heavy atom. The van der Waals surface area contributed by atoms with Crippen molar-refractivity contribution < 1.29 is 9.84 Å². The lowest BCUT2D eigenvalue weighted by Gasteiger charge is -2.30. The summed E-state index contributed by atoms with van der Waals surface area (Å²) >= 11 is 9.35. The van der Waals surface area contributed by atoms with E-state index in [-0.39, 0.29) is 5.41 Å². The summed E-state index contributed by atoms with van der Waals surface area (Å²) < 4.78 is 5.93. The second-order valence-corrected chi connectivity index (χ2v) is 6.91. The second-order valence-electron chi connectivity index (χ2n) is 5.91. The van der Waals surface area contributed by atoms with E-state index in [9.17, 15) is 5.11 Å². The summed E-state index contributed by atoms with van der Waals surface area (Å²) in [5.41, 5.74) is 0.474. The number of pyridine rings is 1. The molecule has 1 atom stereocenters. The van der Waals surface area contributed by atoms with Crippen LogP contribution in [0, 0.1) is 5.41 Å². The van der Waals surface area contributed by atoms with Crippen molar-refractivity contribution in [3.05, 3.63) is 65.1 Å². The van der Waals surface area contributed by atoms with Crippen LogP contribution >= 0.6 is 27.5 Å². The van der Waals surface area contributed by atoms with Crippen molar-refractivity contribution in [1.82, 2.24) is 4.98 Å². The third kappa shape index (κ3) is 5.06. The van der Waals surface area contributed by atoms with E-state index < -0.39 is 6.10 Å². The average Bonchev–Trinajstić information content (AvgIpc) is 2.56. The van der Waals surface area contributed by atoms with Crippen LogP contribution in [0.4, 0.5) is 0 Å². The van der Waals surface area contributed by atoms with Gasteiger partial charge in [0.2, 0.25) is 0 Å². The molecule has 1 N–H and O–H groups in total. The number of nitrogens with zero attached hydrogens (tertiary/aromatic N) is 1. The zero-order valence-electron chi connectivity index (χ0n) is 13.0. The number of alkyl halides is 1. The number of aliphatic hydroxyl groups is 1. The van der Waals surface area contributed by atoms with Crippen molar-refractivity contribution in [2.45, 2.75) is 20.0 Å². The van der Waals surface area contributed by atoms with Crippen LogP contribution in [0.2, 0.25) is 5.02 Å². The summed E-state index contributed by atoms with van der Waals surface area (Å²) in [5, 5.41) is 12.0. The van der Waals surface area contributed by atoms with Crippen molar-refractivity contribution in [2.75, 3.05) is 5.33 Å². The first-order chi connectivity index (χ1) is 10.9. The van der Waals surface area contributed by atoms with Gasteiger partial charge in [-0.2, -0.15) is 0 Å². The maximum atomic E-state index is 10.7. The van der Waals surface area contributed by atoms with Gasteiger partial charge in [-0.25, -0.2) is 0 Å². The number of halogens is 2. The second kappa shape index (κ2) is 7.95. The lowest BCUT2D eigenvalue weighted by Crippen LogP contribution is -2.34. The molecular weight excluding hydrogens is 378 g/mol. The predicted molar refractivity (Wildman–Crippen MR) is 97.9 cm³/mol. The van der Waals surface area contributed by atoms with Crippen LogP contribution in [0.1, 0.15) is 19.4 Å². The predicted octanol–water partition coefficient (Wildman–Crippen LogP) is 4.94. The molecule has 0 amide bonds. The fourth-order valence-electron chi connectivity index (χ4n) is 1.89. The van der Waals surface area contributed by atoms with Crippen molar-refractivity contribution in [3.8, 4) is 5.75 Å². The summed E-state index contributed by atoms with van der Waals surface area (Å²) in [6, 6.07) is 10.8. The van der Waals surface area contributed by atoms with Crippen molar-refractivity contribution in [2.24, 2.45) is 5.41 Å². The van der Waals surface area contributed by atoms with Gasteiger partial charge < -0.3 is 9.84 Å². The largest absolute Gasteiger partial charge is 0.459 e. The molecular formula is C18H19BrClNO2. The van der Waals surface area contributed by atoms with Crippen molar-refractivity contribution >= 4 is 33.6 Å². The van der Waals surface area contributed by atoms with Crippen LogP contribution < -0.4 is 4.74 Å². The van der Waals surface area contributed by atoms with Gasteiger partial charge in [0.15, 0.2) is 0 Å². The zero-order chi connectivity index (χ0) is 16.9. The van der Waals surface area contributed by atoms with E-state index in [2.05, 4.69) is 20.9 Å². The monoisotopic (exact) mass is 395 g/mol. The van der Waals surface area contributed by atoms with Gasteiger partial charge in [-0.05, 0) is 42.0 Å². The number of ether oxygens (including phenoxy) is 1. The Morgan fingerprint density at radius 2 is 2.04 bits per heavy atom. The van der Waals surface area contributed by atoms with Gasteiger partial charge >= 0.3 is 0 Å². The molecule has 0 saturated carbocycles. The summed E-state index contributed by atoms with van der Waals surface area (Å²) in [6.45, 7) is 3.93. The molecule has 23 heavy (non-hydrogen) atoms. The average molecular weight is 397 g/mol. The normalized spacial score (nSPS) is 13.7. The Balaban J connectivity index is 2.35. The first-order valence-electron chi connectivity index (χ1n) is 7.21. The van der Waals surface area contributed by atoms with Crippen LogP contribution in [-0.4, -0.2) is 21.5 Å². The van der Waals surface area contributed by atoms with Crippen molar-refractivity contribution in [3.63, 3.8) is 0 Å². The fraction of sp³-hybridized carbons (Fsp3) is 0.278. The van der Waals surface area contributed by atoms with Crippen LogP contribution in [-0.2, 0) is 0 Å². The molecule has 122 valence electrons. The maximum absolute atomic E-state index is 10.7. The van der Waals surface area contributed by atoms with E-state index in [0.29, 0.717) is 21.9 Å². The third-order valence-corrected chi connectivity index (χ3v) is 5.09. The van der Waals surface area contributed by atoms with E-state index in [1.165, 1.54) is 0 Å². The molecule has 1 aromatic carbocycles. The molecule has 0 aliphatic heterocycles. The Kier molecular flexibility index (Phi) is 6.22. The van der Waals surface area contributed by atoms with E-state index in [0.717, 1.165) is 5.56 Å². The first-order valence-corrected chi connectivity index (χ1v) is 8.71. The molecule has 5 heteroatoms. The minimum absolute atomic E-state index is 0.388. The van der Waals surface area contributed by atoms with Gasteiger partial charge in [-0.3, -0.25) is 4.98 Å². The highest BCUT2D eigenvalue weighted by Gasteiger charge is 2.31. The SMILES string of the molecule is CC(C)(CBr)C(O)C(=Cc1cccnc1)Oc1ccc(Cl)cc1. The summed E-state index contributed by atoms with van der Waals surface area (Å²) in [7, 11) is 0. The molecule has 3 nitrogen and oxygen atoms in total. The Hall–Kier alpha value is -1.36. The Morgan fingerprint density at radius 3 is 2.61 bits per heavy atom. The standard InChI is InChI=1S/C18H19BrClNO2/c1-18(2,12-19)17(22)16(10-13-4-3-9-21-11-13)23-15-7-5-14(20)6-8-15/h3-11,17,22H,12H2,1-2H3. The highest BCUT2D eigenvalue weighted by molar-refractivity contribution is 9.09. The summed E-state index contributed by atoms with van der Waals surface area (Å²) in [6.07, 6.45) is 4.45. The van der Waals surface area contributed by atoms with Crippen LogP contribution in [0.3, 0.4) is 0 Å². The minimum Gasteiger partial charge on any atom is -0.459 e. The number of rotatable bonds is 6. The fourth-order valence-corrected chi connectivity index (χ4v) is 2.32. The molecule has 1 aromatic heterocycles. The minimum atomic E-state index is -0.780. The van der Waals surface area contributed by atoms with Crippen LogP contribution in [0.25, 0.3) is 6.08 Å². The molecule has 0 spiro atoms. The molecule has 1 heterocycles. The summed E-state index contributed by atoms with van der Waals surface area (Å²) in [5.74, 6) is 1.08. The van der Waals surface area contributed by atoms with Crippen LogP contribution in [0.5, 0.6) is 5.75 Å². The molecule has 0 bridgehead atoms. The van der Waals surface area contributed by atoms with E-state index >= 15 is 0 Å². The molecule has 0 aliphatic carbocycles. The van der Waals surface area contributed by atoms with Gasteiger partial charge in [0, 0.05) is 28.2 Å². The molecule has 0 radical (unpaired) electrons. The number of benzene rings is 1. The van der Waals surface area contributed by atoms with Gasteiger partial charge in [0.25, 0.3) is 0 Å². The number of hydrogen-bond donors (Lipinski definition) is 1. The Bertz CT molecular complexity index is 656. The first kappa shape index (κ1) is 18.0. The smallest absolute Gasteiger partial charge is 0.134 e. The van der Waals surface area contributed by atoms with E-state index in [4.69, 9.17) is 16.3 Å². The van der Waals surface area contributed by atoms with Gasteiger partial charge in [-0.15, -0.1) is 0 Å². The highest BCUT2D eigenvalue weighted by Crippen LogP contribution is 2.31. The molecule has 1 unspecified atom stereocenters. The molecule has 0 saturated heterocycles. The lowest BCUT2D eigenvalue weighted by atomic mass is 9.87. The quantitative estimate of drug-likeness (QED) is 0.555. The van der Waals surface area contributed by atoms with Gasteiger partial charge in [0.1, 0.15) is 17.6 Å². The van der Waals surface area contributed by atoms with Gasteiger partial charge in [0.05, 0.1) is 0 Å². The molecule has 0 fully saturated rings.